The molecule has 0 fully saturated rings. The maximum absolute atomic E-state index is 13.3. The molecule has 2 heterocycles. The molecule has 2 aromatic carbocycles. The van der Waals surface area contributed by atoms with Crippen LogP contribution in [0.1, 0.15) is 52.1 Å². The van der Waals surface area contributed by atoms with E-state index >= 15 is 0 Å². The van der Waals surface area contributed by atoms with Crippen LogP contribution in [0.3, 0.4) is 0 Å². The van der Waals surface area contributed by atoms with E-state index in [0.29, 0.717) is 22.7 Å². The fraction of sp³-hybridized carbons (Fsp3) is 0.280. The van der Waals surface area contributed by atoms with Gasteiger partial charge in [0.25, 0.3) is 11.8 Å². The molecule has 1 N–H and O–H groups in total. The first-order valence-electron chi connectivity index (χ1n) is 10.6. The van der Waals surface area contributed by atoms with Crippen LogP contribution in [0, 0.1) is 19.8 Å². The van der Waals surface area contributed by atoms with Gasteiger partial charge in [0.2, 0.25) is 5.91 Å². The highest BCUT2D eigenvalue weighted by molar-refractivity contribution is 7.14. The van der Waals surface area contributed by atoms with E-state index < -0.39 is 23.8 Å². The highest BCUT2D eigenvalue weighted by atomic mass is 32.1. The molecule has 3 amide bonds. The molecule has 0 radical (unpaired) electrons. The molecule has 0 aliphatic carbocycles. The van der Waals surface area contributed by atoms with Crippen molar-refractivity contribution in [2.75, 3.05) is 5.32 Å². The van der Waals surface area contributed by atoms with Crippen LogP contribution < -0.4 is 5.32 Å². The van der Waals surface area contributed by atoms with Gasteiger partial charge in [-0.3, -0.25) is 19.3 Å². The van der Waals surface area contributed by atoms with Gasteiger partial charge in [0, 0.05) is 10.9 Å². The largest absolute Gasteiger partial charge is 0.300 e. The summed E-state index contributed by atoms with van der Waals surface area (Å²) in [4.78, 5) is 44.9. The minimum atomic E-state index is -0.907. The standard InChI is InChI=1S/C25H25N3O3S/c1-14(2)11-21(28-23(30)17-7-5-6-8-18(17)24(28)31)22(29)27-25-26-20(13-32-25)19-12-15(3)9-10-16(19)4/h5-10,12-14,21H,11H2,1-4H3,(H,26,27,29). The first-order chi connectivity index (χ1) is 15.3. The Balaban J connectivity index is 1.59. The van der Waals surface area contributed by atoms with Gasteiger partial charge in [-0.25, -0.2) is 4.98 Å². The number of anilines is 1. The summed E-state index contributed by atoms with van der Waals surface area (Å²) in [7, 11) is 0. The number of aryl methyl sites for hydroxylation is 2. The van der Waals surface area contributed by atoms with Crippen molar-refractivity contribution in [3.63, 3.8) is 0 Å². The van der Waals surface area contributed by atoms with Crippen LogP contribution in [0.2, 0.25) is 0 Å². The molecule has 1 aliphatic heterocycles. The third-order valence-electron chi connectivity index (χ3n) is 5.54. The second-order valence-electron chi connectivity index (χ2n) is 8.52. The minimum absolute atomic E-state index is 0.108. The van der Waals surface area contributed by atoms with E-state index in [-0.39, 0.29) is 5.92 Å². The summed E-state index contributed by atoms with van der Waals surface area (Å²) < 4.78 is 0. The van der Waals surface area contributed by atoms with E-state index in [0.717, 1.165) is 27.3 Å². The Bertz CT molecular complexity index is 1180. The highest BCUT2D eigenvalue weighted by Gasteiger charge is 2.42. The van der Waals surface area contributed by atoms with E-state index in [9.17, 15) is 14.4 Å². The van der Waals surface area contributed by atoms with Gasteiger partial charge in [0.15, 0.2) is 5.13 Å². The number of benzene rings is 2. The van der Waals surface area contributed by atoms with Crippen molar-refractivity contribution < 1.29 is 14.4 Å². The molecular weight excluding hydrogens is 422 g/mol. The average Bonchev–Trinajstić information content (AvgIpc) is 3.31. The lowest BCUT2D eigenvalue weighted by atomic mass is 10.0. The number of carbonyl (C=O) groups is 3. The zero-order valence-electron chi connectivity index (χ0n) is 18.5. The molecule has 1 atom stereocenters. The smallest absolute Gasteiger partial charge is 0.262 e. The first-order valence-corrected chi connectivity index (χ1v) is 11.4. The number of hydrogen-bond acceptors (Lipinski definition) is 5. The predicted molar refractivity (Wildman–Crippen MR) is 126 cm³/mol. The van der Waals surface area contributed by atoms with E-state index in [1.54, 1.807) is 24.3 Å². The van der Waals surface area contributed by atoms with Crippen molar-refractivity contribution in [3.8, 4) is 11.3 Å². The lowest BCUT2D eigenvalue weighted by Gasteiger charge is -2.26. The molecule has 4 rings (SSSR count). The summed E-state index contributed by atoms with van der Waals surface area (Å²) in [6, 6.07) is 11.9. The Morgan fingerprint density at radius 3 is 2.31 bits per heavy atom. The molecule has 1 unspecified atom stereocenters. The maximum atomic E-state index is 13.3. The molecule has 0 saturated carbocycles. The topological polar surface area (TPSA) is 79.4 Å². The molecule has 1 aliphatic rings. The molecule has 3 aromatic rings. The monoisotopic (exact) mass is 447 g/mol. The summed E-state index contributed by atoms with van der Waals surface area (Å²) in [6.07, 6.45) is 0.368. The Morgan fingerprint density at radius 2 is 1.69 bits per heavy atom. The van der Waals surface area contributed by atoms with E-state index in [1.165, 1.54) is 11.3 Å². The van der Waals surface area contributed by atoms with Crippen LogP contribution in [-0.4, -0.2) is 33.6 Å². The molecule has 1 aromatic heterocycles. The summed E-state index contributed by atoms with van der Waals surface area (Å²) in [5.41, 5.74) is 4.71. The number of thiazole rings is 1. The highest BCUT2D eigenvalue weighted by Crippen LogP contribution is 2.30. The van der Waals surface area contributed by atoms with E-state index in [1.807, 2.05) is 45.2 Å². The molecule has 164 valence electrons. The number of rotatable bonds is 6. The molecule has 0 spiro atoms. The van der Waals surface area contributed by atoms with Crippen molar-refractivity contribution in [2.45, 2.75) is 40.2 Å². The fourth-order valence-corrected chi connectivity index (χ4v) is 4.64. The molecule has 6 nitrogen and oxygen atoms in total. The predicted octanol–water partition coefficient (Wildman–Crippen LogP) is 5.08. The number of fused-ring (bicyclic) bond motifs is 1. The lowest BCUT2D eigenvalue weighted by molar-refractivity contribution is -0.120. The van der Waals surface area contributed by atoms with Gasteiger partial charge in [-0.2, -0.15) is 0 Å². The zero-order valence-corrected chi connectivity index (χ0v) is 19.3. The number of hydrogen-bond donors (Lipinski definition) is 1. The van der Waals surface area contributed by atoms with Crippen LogP contribution in [0.4, 0.5) is 5.13 Å². The molecule has 0 saturated heterocycles. The van der Waals surface area contributed by atoms with Crippen molar-refractivity contribution in [3.05, 3.63) is 70.1 Å². The number of nitrogens with one attached hydrogen (secondary N) is 1. The average molecular weight is 448 g/mol. The third kappa shape index (κ3) is 4.08. The maximum Gasteiger partial charge on any atom is 0.262 e. The van der Waals surface area contributed by atoms with Gasteiger partial charge in [-0.05, 0) is 49.9 Å². The Morgan fingerprint density at radius 1 is 1.03 bits per heavy atom. The Kier molecular flexibility index (Phi) is 5.93. The normalized spacial score (nSPS) is 14.1. The summed E-state index contributed by atoms with van der Waals surface area (Å²) in [5, 5.41) is 5.18. The third-order valence-corrected chi connectivity index (χ3v) is 6.30. The Hall–Kier alpha value is -3.32. The lowest BCUT2D eigenvalue weighted by Crippen LogP contribution is -2.47. The van der Waals surface area contributed by atoms with E-state index in [2.05, 4.69) is 16.4 Å². The number of carbonyl (C=O) groups excluding carboxylic acids is 3. The zero-order chi connectivity index (χ0) is 23.0. The summed E-state index contributed by atoms with van der Waals surface area (Å²) >= 11 is 1.32. The molecule has 7 heteroatoms. The molecular formula is C25H25N3O3S. The number of imide groups is 1. The summed E-state index contributed by atoms with van der Waals surface area (Å²) in [6.45, 7) is 7.96. The van der Waals surface area contributed by atoms with Gasteiger partial charge >= 0.3 is 0 Å². The van der Waals surface area contributed by atoms with Crippen LogP contribution in [0.25, 0.3) is 11.3 Å². The SMILES string of the molecule is Cc1ccc(C)c(-c2csc(NC(=O)C(CC(C)C)N3C(=O)c4ccccc4C3=O)n2)c1. The number of amides is 3. The van der Waals surface area contributed by atoms with Gasteiger partial charge in [-0.15, -0.1) is 11.3 Å². The van der Waals surface area contributed by atoms with Crippen LogP contribution in [0.15, 0.2) is 47.8 Å². The van der Waals surface area contributed by atoms with Gasteiger partial charge < -0.3 is 5.32 Å². The summed E-state index contributed by atoms with van der Waals surface area (Å²) in [5.74, 6) is -1.16. The van der Waals surface area contributed by atoms with Gasteiger partial charge in [0.05, 0.1) is 16.8 Å². The molecule has 32 heavy (non-hydrogen) atoms. The fourth-order valence-electron chi connectivity index (χ4n) is 3.92. The molecule has 0 bridgehead atoms. The van der Waals surface area contributed by atoms with Crippen LogP contribution >= 0.6 is 11.3 Å². The quantitative estimate of drug-likeness (QED) is 0.535. The minimum Gasteiger partial charge on any atom is -0.300 e. The van der Waals surface area contributed by atoms with Gasteiger partial charge in [-0.1, -0.05) is 43.7 Å². The second-order valence-corrected chi connectivity index (χ2v) is 9.37. The van der Waals surface area contributed by atoms with Crippen molar-refractivity contribution in [1.29, 1.82) is 0 Å². The van der Waals surface area contributed by atoms with Crippen LogP contribution in [0.5, 0.6) is 0 Å². The number of nitrogens with zero attached hydrogens (tertiary/aromatic N) is 2. The second kappa shape index (κ2) is 8.67. The van der Waals surface area contributed by atoms with Gasteiger partial charge in [0.1, 0.15) is 6.04 Å². The van der Waals surface area contributed by atoms with Crippen molar-refractivity contribution >= 4 is 34.2 Å². The van der Waals surface area contributed by atoms with Crippen molar-refractivity contribution in [2.24, 2.45) is 5.92 Å². The van der Waals surface area contributed by atoms with E-state index in [4.69, 9.17) is 0 Å². The number of aromatic nitrogens is 1. The first kappa shape index (κ1) is 21.9. The van der Waals surface area contributed by atoms with Crippen LogP contribution in [-0.2, 0) is 4.79 Å². The van der Waals surface area contributed by atoms with Crippen molar-refractivity contribution in [1.82, 2.24) is 9.88 Å². The Labute approximate surface area is 191 Å².